The summed E-state index contributed by atoms with van der Waals surface area (Å²) in [5.74, 6) is 0.919. The van der Waals surface area contributed by atoms with Gasteiger partial charge in [0, 0.05) is 10.6 Å². The maximum atomic E-state index is 5.40. The van der Waals surface area contributed by atoms with E-state index in [1.54, 1.807) is 11.8 Å². The lowest BCUT2D eigenvalue weighted by atomic mass is 10.2. The molecule has 2 rings (SSSR count). The van der Waals surface area contributed by atoms with E-state index >= 15 is 0 Å². The van der Waals surface area contributed by atoms with E-state index in [1.807, 2.05) is 30.3 Å². The van der Waals surface area contributed by atoms with Crippen molar-refractivity contribution in [1.29, 1.82) is 0 Å². The van der Waals surface area contributed by atoms with Crippen LogP contribution < -0.4 is 0 Å². The standard InChI is InChI=1S/C14H12S3/c15-13-8-6-12(7-9-13)14(16)17-10-11-4-2-1-3-5-11/h1-9,15H,10H2. The normalized spacial score (nSPS) is 10.2. The highest BCUT2D eigenvalue weighted by atomic mass is 32.2. The largest absolute Gasteiger partial charge is 0.143 e. The van der Waals surface area contributed by atoms with Crippen LogP contribution in [0.25, 0.3) is 0 Å². The van der Waals surface area contributed by atoms with E-state index in [2.05, 4.69) is 36.9 Å². The van der Waals surface area contributed by atoms with E-state index in [-0.39, 0.29) is 0 Å². The lowest BCUT2D eigenvalue weighted by Gasteiger charge is -2.04. The highest BCUT2D eigenvalue weighted by Crippen LogP contribution is 2.20. The molecule has 0 amide bonds. The Labute approximate surface area is 117 Å². The van der Waals surface area contributed by atoms with Gasteiger partial charge in [0.05, 0.1) is 4.20 Å². The van der Waals surface area contributed by atoms with Crippen LogP contribution in [-0.2, 0) is 5.75 Å². The highest BCUT2D eigenvalue weighted by Gasteiger charge is 2.02. The predicted molar refractivity (Wildman–Crippen MR) is 83.1 cm³/mol. The fraction of sp³-hybridized carbons (Fsp3) is 0.0714. The molecule has 0 fully saturated rings. The Morgan fingerprint density at radius 3 is 2.29 bits per heavy atom. The van der Waals surface area contributed by atoms with Gasteiger partial charge < -0.3 is 0 Å². The Hall–Kier alpha value is -0.770. The van der Waals surface area contributed by atoms with Gasteiger partial charge in [0.2, 0.25) is 0 Å². The van der Waals surface area contributed by atoms with Crippen molar-refractivity contribution >= 4 is 40.8 Å². The zero-order valence-electron chi connectivity index (χ0n) is 9.17. The molecule has 2 aromatic carbocycles. The smallest absolute Gasteiger partial charge is 0.0781 e. The fourth-order valence-corrected chi connectivity index (χ4v) is 2.66. The molecule has 0 N–H and O–H groups in total. The number of benzene rings is 2. The molecule has 0 radical (unpaired) electrons. The summed E-state index contributed by atoms with van der Waals surface area (Å²) in [6.45, 7) is 0. The summed E-state index contributed by atoms with van der Waals surface area (Å²) in [7, 11) is 0. The van der Waals surface area contributed by atoms with Crippen molar-refractivity contribution in [3.05, 3.63) is 65.7 Å². The van der Waals surface area contributed by atoms with Crippen LogP contribution in [0.2, 0.25) is 0 Å². The Balaban J connectivity index is 1.96. The van der Waals surface area contributed by atoms with Crippen molar-refractivity contribution in [3.63, 3.8) is 0 Å². The van der Waals surface area contributed by atoms with Crippen LogP contribution in [0.3, 0.4) is 0 Å². The second-order valence-corrected chi connectivity index (χ2v) is 5.78. The summed E-state index contributed by atoms with van der Waals surface area (Å²) in [5.41, 5.74) is 2.39. The molecule has 0 heterocycles. The number of thiol groups is 1. The number of thiocarbonyl (C=S) groups is 1. The number of hydrogen-bond acceptors (Lipinski definition) is 3. The molecule has 0 bridgehead atoms. The topological polar surface area (TPSA) is 0 Å². The second-order valence-electron chi connectivity index (χ2n) is 3.61. The SMILES string of the molecule is S=C(SCc1ccccc1)c1ccc(S)cc1. The van der Waals surface area contributed by atoms with Gasteiger partial charge in [-0.3, -0.25) is 0 Å². The van der Waals surface area contributed by atoms with Crippen molar-refractivity contribution in [2.45, 2.75) is 10.6 Å². The maximum Gasteiger partial charge on any atom is 0.0781 e. The minimum Gasteiger partial charge on any atom is -0.143 e. The molecule has 0 aliphatic carbocycles. The van der Waals surface area contributed by atoms with E-state index in [0.717, 1.165) is 20.4 Å². The van der Waals surface area contributed by atoms with Crippen LogP contribution in [-0.4, -0.2) is 4.20 Å². The molecular formula is C14H12S3. The molecule has 17 heavy (non-hydrogen) atoms. The average molecular weight is 276 g/mol. The monoisotopic (exact) mass is 276 g/mol. The number of hydrogen-bond donors (Lipinski definition) is 1. The van der Waals surface area contributed by atoms with Gasteiger partial charge in [-0.15, -0.1) is 24.4 Å². The summed E-state index contributed by atoms with van der Waals surface area (Å²) < 4.78 is 0.933. The first kappa shape index (κ1) is 12.7. The predicted octanol–water partition coefficient (Wildman–Crippen LogP) is 4.58. The van der Waals surface area contributed by atoms with Gasteiger partial charge >= 0.3 is 0 Å². The summed E-state index contributed by atoms with van der Waals surface area (Å²) in [6.07, 6.45) is 0. The molecule has 0 nitrogen and oxygen atoms in total. The van der Waals surface area contributed by atoms with Crippen LogP contribution in [0.5, 0.6) is 0 Å². The average Bonchev–Trinajstić information content (AvgIpc) is 2.38. The van der Waals surface area contributed by atoms with Gasteiger partial charge in [0.25, 0.3) is 0 Å². The second kappa shape index (κ2) is 6.24. The Bertz CT molecular complexity index is 489. The van der Waals surface area contributed by atoms with Crippen LogP contribution >= 0.6 is 36.6 Å². The van der Waals surface area contributed by atoms with Gasteiger partial charge in [-0.1, -0.05) is 54.7 Å². The van der Waals surface area contributed by atoms with E-state index in [9.17, 15) is 0 Å². The summed E-state index contributed by atoms with van der Waals surface area (Å²) in [6, 6.07) is 18.3. The summed E-state index contributed by atoms with van der Waals surface area (Å²) in [5, 5.41) is 0. The zero-order valence-corrected chi connectivity index (χ0v) is 11.7. The fourth-order valence-electron chi connectivity index (χ4n) is 1.40. The Morgan fingerprint density at radius 1 is 1.00 bits per heavy atom. The first-order valence-corrected chi connectivity index (χ1v) is 7.10. The molecular weight excluding hydrogens is 264 g/mol. The van der Waals surface area contributed by atoms with E-state index < -0.39 is 0 Å². The molecule has 0 unspecified atom stereocenters. The van der Waals surface area contributed by atoms with Crippen molar-refractivity contribution in [2.75, 3.05) is 0 Å². The van der Waals surface area contributed by atoms with Crippen LogP contribution in [0, 0.1) is 0 Å². The van der Waals surface area contributed by atoms with Gasteiger partial charge in [-0.25, -0.2) is 0 Å². The van der Waals surface area contributed by atoms with Gasteiger partial charge in [0.1, 0.15) is 0 Å². The van der Waals surface area contributed by atoms with Gasteiger partial charge in [-0.05, 0) is 23.3 Å². The molecule has 2 aromatic rings. The van der Waals surface area contributed by atoms with Crippen molar-refractivity contribution in [3.8, 4) is 0 Å². The third-order valence-electron chi connectivity index (χ3n) is 2.32. The van der Waals surface area contributed by atoms with Crippen molar-refractivity contribution < 1.29 is 0 Å². The van der Waals surface area contributed by atoms with E-state index in [4.69, 9.17) is 12.2 Å². The molecule has 0 atom stereocenters. The van der Waals surface area contributed by atoms with E-state index in [0.29, 0.717) is 0 Å². The van der Waals surface area contributed by atoms with Gasteiger partial charge in [-0.2, -0.15) is 0 Å². The maximum absolute atomic E-state index is 5.40. The van der Waals surface area contributed by atoms with E-state index in [1.165, 1.54) is 5.56 Å². The molecule has 0 aliphatic rings. The van der Waals surface area contributed by atoms with Crippen molar-refractivity contribution in [1.82, 2.24) is 0 Å². The molecule has 0 spiro atoms. The molecule has 0 saturated heterocycles. The summed E-state index contributed by atoms with van der Waals surface area (Å²) >= 11 is 11.4. The molecule has 3 heteroatoms. The zero-order chi connectivity index (χ0) is 12.1. The molecule has 0 aromatic heterocycles. The minimum absolute atomic E-state index is 0.919. The van der Waals surface area contributed by atoms with Crippen LogP contribution in [0.4, 0.5) is 0 Å². The lowest BCUT2D eigenvalue weighted by molar-refractivity contribution is 1.42. The third-order valence-corrected chi connectivity index (χ3v) is 4.18. The number of rotatable bonds is 3. The summed E-state index contributed by atoms with van der Waals surface area (Å²) in [4.78, 5) is 0.963. The first-order valence-electron chi connectivity index (χ1n) is 5.26. The van der Waals surface area contributed by atoms with Crippen molar-refractivity contribution in [2.24, 2.45) is 0 Å². The lowest BCUT2D eigenvalue weighted by Crippen LogP contribution is -1.92. The third kappa shape index (κ3) is 3.87. The molecule has 86 valence electrons. The number of thioether (sulfide) groups is 1. The molecule has 0 aliphatic heterocycles. The Kier molecular flexibility index (Phi) is 4.66. The first-order chi connectivity index (χ1) is 8.25. The quantitative estimate of drug-likeness (QED) is 0.643. The molecule has 0 saturated carbocycles. The Morgan fingerprint density at radius 2 is 1.65 bits per heavy atom. The van der Waals surface area contributed by atoms with Crippen LogP contribution in [0.15, 0.2) is 59.5 Å². The van der Waals surface area contributed by atoms with Gasteiger partial charge in [0.15, 0.2) is 0 Å². The van der Waals surface area contributed by atoms with Crippen LogP contribution in [0.1, 0.15) is 11.1 Å². The highest BCUT2D eigenvalue weighted by molar-refractivity contribution is 8.23. The minimum atomic E-state index is 0.919.